The average molecular weight is 354 g/mol. The third-order valence-electron chi connectivity index (χ3n) is 5.43. The molecule has 1 saturated heterocycles. The van der Waals surface area contributed by atoms with Crippen LogP contribution in [0.3, 0.4) is 0 Å². The van der Waals surface area contributed by atoms with Gasteiger partial charge in [0.05, 0.1) is 5.69 Å². The van der Waals surface area contributed by atoms with Crippen LogP contribution in [0.4, 0.5) is 0 Å². The van der Waals surface area contributed by atoms with E-state index in [2.05, 4.69) is 55.7 Å². The van der Waals surface area contributed by atoms with Crippen LogP contribution in [0.5, 0.6) is 0 Å². The summed E-state index contributed by atoms with van der Waals surface area (Å²) in [6.45, 7) is 13.4. The molecule has 0 bridgehead atoms. The van der Waals surface area contributed by atoms with Crippen LogP contribution in [-0.4, -0.2) is 33.7 Å². The maximum absolute atomic E-state index is 12.8. The molecule has 1 aliphatic heterocycles. The lowest BCUT2D eigenvalue weighted by molar-refractivity contribution is 0.0681. The Morgan fingerprint density at radius 1 is 1.12 bits per heavy atom. The number of hydrogen-bond donors (Lipinski definition) is 0. The lowest BCUT2D eigenvalue weighted by atomic mass is 9.86. The van der Waals surface area contributed by atoms with Crippen molar-refractivity contribution >= 4 is 5.91 Å². The molecule has 0 unspecified atom stereocenters. The number of hydrogen-bond acceptors (Lipinski definition) is 2. The second kappa shape index (κ2) is 7.26. The molecule has 2 heterocycles. The van der Waals surface area contributed by atoms with E-state index in [0.717, 1.165) is 43.7 Å². The first-order valence-corrected chi connectivity index (χ1v) is 9.65. The Labute approximate surface area is 157 Å². The topological polar surface area (TPSA) is 38.1 Å². The average Bonchev–Trinajstić information content (AvgIpc) is 2.91. The zero-order valence-electron chi connectivity index (χ0n) is 16.7. The molecule has 1 aromatic heterocycles. The summed E-state index contributed by atoms with van der Waals surface area (Å²) in [5, 5.41) is 4.57. The van der Waals surface area contributed by atoms with E-state index < -0.39 is 0 Å². The van der Waals surface area contributed by atoms with Gasteiger partial charge in [0.1, 0.15) is 0 Å². The van der Waals surface area contributed by atoms with E-state index in [1.54, 1.807) is 0 Å². The van der Waals surface area contributed by atoms with Crippen molar-refractivity contribution in [1.82, 2.24) is 14.7 Å². The molecular formula is C22H31N3O. The van der Waals surface area contributed by atoms with E-state index in [1.807, 2.05) is 24.0 Å². The van der Waals surface area contributed by atoms with E-state index in [4.69, 9.17) is 0 Å². The van der Waals surface area contributed by atoms with Crippen molar-refractivity contribution in [2.75, 3.05) is 13.1 Å². The summed E-state index contributed by atoms with van der Waals surface area (Å²) in [4.78, 5) is 14.8. The first kappa shape index (κ1) is 18.7. The number of nitrogens with zero attached hydrogens (tertiary/aromatic N) is 3. The molecule has 1 aliphatic rings. The first-order chi connectivity index (χ1) is 12.2. The maximum Gasteiger partial charge on any atom is 0.253 e. The molecule has 1 aromatic carbocycles. The van der Waals surface area contributed by atoms with Crippen LogP contribution in [0, 0.1) is 19.8 Å². The normalized spacial score (nSPS) is 16.1. The highest BCUT2D eigenvalue weighted by Crippen LogP contribution is 2.24. The molecule has 1 fully saturated rings. The number of amides is 1. The van der Waals surface area contributed by atoms with Crippen molar-refractivity contribution in [3.63, 3.8) is 0 Å². The van der Waals surface area contributed by atoms with Crippen molar-refractivity contribution in [2.24, 2.45) is 5.92 Å². The molecular weight excluding hydrogens is 322 g/mol. The smallest absolute Gasteiger partial charge is 0.253 e. The van der Waals surface area contributed by atoms with Crippen LogP contribution >= 0.6 is 0 Å². The highest BCUT2D eigenvalue weighted by molar-refractivity contribution is 5.94. The van der Waals surface area contributed by atoms with Crippen LogP contribution in [0.15, 0.2) is 30.3 Å². The van der Waals surface area contributed by atoms with Crippen molar-refractivity contribution in [3.8, 4) is 0 Å². The number of likely N-dealkylation sites (tertiary alicyclic amines) is 1. The number of carbonyl (C=O) groups is 1. The summed E-state index contributed by atoms with van der Waals surface area (Å²) in [7, 11) is 0. The molecule has 4 nitrogen and oxygen atoms in total. The van der Waals surface area contributed by atoms with Gasteiger partial charge in [-0.05, 0) is 61.8 Å². The van der Waals surface area contributed by atoms with Gasteiger partial charge in [0.15, 0.2) is 0 Å². The van der Waals surface area contributed by atoms with Gasteiger partial charge in [0.2, 0.25) is 0 Å². The number of benzene rings is 1. The van der Waals surface area contributed by atoms with E-state index in [-0.39, 0.29) is 11.3 Å². The fraction of sp³-hybridized carbons (Fsp3) is 0.545. The fourth-order valence-electron chi connectivity index (χ4n) is 3.72. The Balaban J connectivity index is 1.57. The molecule has 140 valence electrons. The number of aromatic nitrogens is 2. The molecule has 0 spiro atoms. The Hall–Kier alpha value is -2.10. The first-order valence-electron chi connectivity index (χ1n) is 9.65. The van der Waals surface area contributed by atoms with Crippen LogP contribution in [0.2, 0.25) is 0 Å². The summed E-state index contributed by atoms with van der Waals surface area (Å²) < 4.78 is 2.11. The van der Waals surface area contributed by atoms with Gasteiger partial charge in [-0.3, -0.25) is 9.48 Å². The monoisotopic (exact) mass is 353 g/mol. The van der Waals surface area contributed by atoms with Gasteiger partial charge in [-0.1, -0.05) is 32.9 Å². The maximum atomic E-state index is 12.8. The van der Waals surface area contributed by atoms with Gasteiger partial charge in [-0.2, -0.15) is 5.10 Å². The zero-order chi connectivity index (χ0) is 18.9. The van der Waals surface area contributed by atoms with Gasteiger partial charge < -0.3 is 4.90 Å². The van der Waals surface area contributed by atoms with Crippen LogP contribution in [-0.2, 0) is 12.0 Å². The van der Waals surface area contributed by atoms with Crippen molar-refractivity contribution < 1.29 is 4.79 Å². The highest BCUT2D eigenvalue weighted by atomic mass is 16.2. The van der Waals surface area contributed by atoms with E-state index >= 15 is 0 Å². The lowest BCUT2D eigenvalue weighted by Gasteiger charge is -2.32. The molecule has 0 N–H and O–H groups in total. The molecule has 2 aromatic rings. The van der Waals surface area contributed by atoms with Gasteiger partial charge in [0.25, 0.3) is 5.91 Å². The minimum atomic E-state index is 0.114. The molecule has 0 radical (unpaired) electrons. The molecule has 3 rings (SSSR count). The second-order valence-electron chi connectivity index (χ2n) is 8.67. The molecule has 0 aliphatic carbocycles. The predicted molar refractivity (Wildman–Crippen MR) is 105 cm³/mol. The SMILES string of the molecule is Cc1cc(C)n(CC2CCN(C(=O)c3ccc(C(C)(C)C)cc3)CC2)n1. The Morgan fingerprint density at radius 3 is 2.23 bits per heavy atom. The quantitative estimate of drug-likeness (QED) is 0.823. The van der Waals surface area contributed by atoms with Gasteiger partial charge >= 0.3 is 0 Å². The Bertz CT molecular complexity index is 760. The molecule has 0 atom stereocenters. The molecule has 26 heavy (non-hydrogen) atoms. The van der Waals surface area contributed by atoms with Crippen LogP contribution in [0.1, 0.15) is 60.9 Å². The van der Waals surface area contributed by atoms with E-state index in [0.29, 0.717) is 5.92 Å². The van der Waals surface area contributed by atoms with E-state index in [9.17, 15) is 4.79 Å². The van der Waals surface area contributed by atoms with Crippen molar-refractivity contribution in [3.05, 3.63) is 52.8 Å². The number of aryl methyl sites for hydroxylation is 2. The molecule has 0 saturated carbocycles. The van der Waals surface area contributed by atoms with Crippen LogP contribution in [0.25, 0.3) is 0 Å². The van der Waals surface area contributed by atoms with Gasteiger partial charge in [0, 0.05) is 30.9 Å². The number of carbonyl (C=O) groups excluding carboxylic acids is 1. The summed E-state index contributed by atoms with van der Waals surface area (Å²) in [6.07, 6.45) is 2.09. The summed E-state index contributed by atoms with van der Waals surface area (Å²) in [5.41, 5.74) is 4.48. The zero-order valence-corrected chi connectivity index (χ0v) is 16.7. The Morgan fingerprint density at radius 2 is 1.73 bits per heavy atom. The van der Waals surface area contributed by atoms with E-state index in [1.165, 1.54) is 11.3 Å². The largest absolute Gasteiger partial charge is 0.339 e. The fourth-order valence-corrected chi connectivity index (χ4v) is 3.72. The second-order valence-corrected chi connectivity index (χ2v) is 8.67. The van der Waals surface area contributed by atoms with Crippen molar-refractivity contribution in [1.29, 1.82) is 0 Å². The summed E-state index contributed by atoms with van der Waals surface area (Å²) in [6, 6.07) is 10.3. The minimum absolute atomic E-state index is 0.114. The standard InChI is InChI=1S/C22H31N3O/c1-16-14-17(2)25(23-16)15-18-10-12-24(13-11-18)21(26)19-6-8-20(9-7-19)22(3,4)5/h6-9,14,18H,10-13,15H2,1-5H3. The van der Waals surface area contributed by atoms with Gasteiger partial charge in [-0.25, -0.2) is 0 Å². The third-order valence-corrected chi connectivity index (χ3v) is 5.43. The molecule has 4 heteroatoms. The van der Waals surface area contributed by atoms with Gasteiger partial charge in [-0.15, -0.1) is 0 Å². The lowest BCUT2D eigenvalue weighted by Crippen LogP contribution is -2.39. The molecule has 1 amide bonds. The third kappa shape index (κ3) is 4.17. The Kier molecular flexibility index (Phi) is 5.22. The minimum Gasteiger partial charge on any atom is -0.339 e. The van der Waals surface area contributed by atoms with Crippen LogP contribution < -0.4 is 0 Å². The number of rotatable bonds is 3. The number of piperidine rings is 1. The highest BCUT2D eigenvalue weighted by Gasteiger charge is 2.24. The predicted octanol–water partition coefficient (Wildman–Crippen LogP) is 4.35. The summed E-state index contributed by atoms with van der Waals surface area (Å²) in [5.74, 6) is 0.760. The van der Waals surface area contributed by atoms with Crippen molar-refractivity contribution in [2.45, 2.75) is 59.4 Å². The summed E-state index contributed by atoms with van der Waals surface area (Å²) >= 11 is 0.